The van der Waals surface area contributed by atoms with E-state index in [0.717, 1.165) is 0 Å². The summed E-state index contributed by atoms with van der Waals surface area (Å²) in [6, 6.07) is 18.5. The van der Waals surface area contributed by atoms with Crippen molar-refractivity contribution in [2.45, 2.75) is 4.90 Å². The van der Waals surface area contributed by atoms with Gasteiger partial charge in [-0.05, 0) is 42.5 Å². The van der Waals surface area contributed by atoms with Gasteiger partial charge in [-0.15, -0.1) is 0 Å². The number of ether oxygens (including phenoxy) is 1. The van der Waals surface area contributed by atoms with Gasteiger partial charge >= 0.3 is 0 Å². The summed E-state index contributed by atoms with van der Waals surface area (Å²) in [4.78, 5) is 9.10. The molecule has 154 valence electrons. The third kappa shape index (κ3) is 4.29. The van der Waals surface area contributed by atoms with Crippen LogP contribution in [-0.2, 0) is 11.0 Å². The minimum atomic E-state index is -1.51. The van der Waals surface area contributed by atoms with Gasteiger partial charge in [-0.25, -0.2) is 18.6 Å². The SMILES string of the molecule is COc1cnc2ccc(Nc3cc(NS(=O)c4ccccc4)ccc3F)c(C#N)c2n1. The number of nitrogens with zero attached hydrogens (tertiary/aromatic N) is 3. The fourth-order valence-electron chi connectivity index (χ4n) is 2.92. The zero-order chi connectivity index (χ0) is 21.8. The van der Waals surface area contributed by atoms with Crippen LogP contribution in [0.3, 0.4) is 0 Å². The lowest BCUT2D eigenvalue weighted by molar-refractivity contribution is 0.397. The number of nitriles is 1. The molecule has 0 aliphatic heterocycles. The van der Waals surface area contributed by atoms with E-state index in [1.807, 2.05) is 6.07 Å². The number of nitrogens with one attached hydrogen (secondary N) is 2. The number of hydrogen-bond donors (Lipinski definition) is 2. The molecule has 7 nitrogen and oxygen atoms in total. The first-order valence-electron chi connectivity index (χ1n) is 9.13. The number of aromatic nitrogens is 2. The Balaban J connectivity index is 1.66. The summed E-state index contributed by atoms with van der Waals surface area (Å²) >= 11 is 0. The van der Waals surface area contributed by atoms with Gasteiger partial charge in [-0.2, -0.15) is 5.26 Å². The highest BCUT2D eigenvalue weighted by atomic mass is 32.2. The predicted octanol–water partition coefficient (Wildman–Crippen LogP) is 4.53. The van der Waals surface area contributed by atoms with Crippen LogP contribution >= 0.6 is 0 Å². The Morgan fingerprint density at radius 3 is 2.65 bits per heavy atom. The molecule has 1 atom stereocenters. The molecule has 1 aromatic heterocycles. The summed E-state index contributed by atoms with van der Waals surface area (Å²) in [6.07, 6.45) is 1.46. The Kier molecular flexibility index (Phi) is 5.73. The standard InChI is InChI=1S/C22H16FN5O2S/c1-30-21-13-25-19-10-9-18(16(12-24)22(19)27-21)26-20-11-14(7-8-17(20)23)28-31(29)15-5-3-2-4-6-15/h2-11,13,26,28H,1H3. The highest BCUT2D eigenvalue weighted by molar-refractivity contribution is 7.86. The number of anilines is 3. The second-order valence-electron chi connectivity index (χ2n) is 6.38. The van der Waals surface area contributed by atoms with Crippen molar-refractivity contribution in [3.05, 3.63) is 78.2 Å². The van der Waals surface area contributed by atoms with Crippen LogP contribution in [-0.4, -0.2) is 21.3 Å². The van der Waals surface area contributed by atoms with Crippen LogP contribution in [0.1, 0.15) is 5.56 Å². The van der Waals surface area contributed by atoms with Crippen LogP contribution in [0, 0.1) is 17.1 Å². The van der Waals surface area contributed by atoms with Crippen LogP contribution in [0.25, 0.3) is 11.0 Å². The predicted molar refractivity (Wildman–Crippen MR) is 117 cm³/mol. The van der Waals surface area contributed by atoms with E-state index in [4.69, 9.17) is 4.74 Å². The maximum absolute atomic E-state index is 14.5. The van der Waals surface area contributed by atoms with E-state index in [0.29, 0.717) is 27.3 Å². The van der Waals surface area contributed by atoms with Crippen LogP contribution < -0.4 is 14.8 Å². The first-order chi connectivity index (χ1) is 15.1. The summed E-state index contributed by atoms with van der Waals surface area (Å²) in [5.41, 5.74) is 1.98. The zero-order valence-electron chi connectivity index (χ0n) is 16.3. The summed E-state index contributed by atoms with van der Waals surface area (Å²) < 4.78 is 34.9. The lowest BCUT2D eigenvalue weighted by Crippen LogP contribution is -2.05. The smallest absolute Gasteiger partial charge is 0.232 e. The van der Waals surface area contributed by atoms with Crippen LogP contribution in [0.15, 0.2) is 71.8 Å². The highest BCUT2D eigenvalue weighted by Gasteiger charge is 2.14. The van der Waals surface area contributed by atoms with Gasteiger partial charge in [0.1, 0.15) is 34.0 Å². The van der Waals surface area contributed by atoms with Gasteiger partial charge in [0.05, 0.1) is 35.1 Å². The van der Waals surface area contributed by atoms with Crippen molar-refractivity contribution in [2.75, 3.05) is 17.1 Å². The van der Waals surface area contributed by atoms with Crippen molar-refractivity contribution in [3.8, 4) is 11.9 Å². The van der Waals surface area contributed by atoms with E-state index < -0.39 is 16.8 Å². The van der Waals surface area contributed by atoms with Gasteiger partial charge in [0.2, 0.25) is 5.88 Å². The molecular formula is C22H16FN5O2S. The fraction of sp³-hybridized carbons (Fsp3) is 0.0455. The molecule has 2 N–H and O–H groups in total. The van der Waals surface area contributed by atoms with Crippen molar-refractivity contribution < 1.29 is 13.3 Å². The lowest BCUT2D eigenvalue weighted by atomic mass is 10.1. The maximum Gasteiger partial charge on any atom is 0.232 e. The number of methoxy groups -OCH3 is 1. The molecule has 0 radical (unpaired) electrons. The molecule has 1 heterocycles. The van der Waals surface area contributed by atoms with E-state index in [-0.39, 0.29) is 17.1 Å². The molecule has 4 aromatic rings. The lowest BCUT2D eigenvalue weighted by Gasteiger charge is -2.13. The summed E-state index contributed by atoms with van der Waals surface area (Å²) in [7, 11) is -0.0532. The molecule has 0 aliphatic rings. The van der Waals surface area contributed by atoms with Gasteiger partial charge in [-0.3, -0.25) is 0 Å². The minimum absolute atomic E-state index is 0.113. The topological polar surface area (TPSA) is 99.9 Å². The van der Waals surface area contributed by atoms with Gasteiger partial charge in [0.15, 0.2) is 0 Å². The van der Waals surface area contributed by atoms with E-state index in [1.54, 1.807) is 36.4 Å². The summed E-state index contributed by atoms with van der Waals surface area (Å²) in [5, 5.41) is 12.6. The molecule has 3 aromatic carbocycles. The molecule has 0 aliphatic carbocycles. The Morgan fingerprint density at radius 2 is 1.90 bits per heavy atom. The molecule has 31 heavy (non-hydrogen) atoms. The van der Waals surface area contributed by atoms with E-state index in [2.05, 4.69) is 26.1 Å². The van der Waals surface area contributed by atoms with Gasteiger partial charge < -0.3 is 14.8 Å². The third-order valence-electron chi connectivity index (χ3n) is 4.42. The average molecular weight is 433 g/mol. The molecule has 0 fully saturated rings. The van der Waals surface area contributed by atoms with E-state index >= 15 is 0 Å². The van der Waals surface area contributed by atoms with Gasteiger partial charge in [-0.1, -0.05) is 18.2 Å². The quantitative estimate of drug-likeness (QED) is 0.464. The second-order valence-corrected chi connectivity index (χ2v) is 7.60. The Bertz CT molecular complexity index is 1330. The van der Waals surface area contributed by atoms with Gasteiger partial charge in [0.25, 0.3) is 0 Å². The van der Waals surface area contributed by atoms with E-state index in [9.17, 15) is 13.9 Å². The van der Waals surface area contributed by atoms with Crippen LogP contribution in [0.2, 0.25) is 0 Å². The Morgan fingerprint density at radius 1 is 1.10 bits per heavy atom. The fourth-order valence-corrected chi connectivity index (χ4v) is 3.78. The van der Waals surface area contributed by atoms with Gasteiger partial charge in [0, 0.05) is 5.69 Å². The molecule has 0 saturated heterocycles. The molecule has 0 bridgehead atoms. The van der Waals surface area contributed by atoms with Crippen molar-refractivity contribution in [1.29, 1.82) is 5.26 Å². The molecule has 0 spiro atoms. The number of benzene rings is 3. The molecule has 0 saturated carbocycles. The molecule has 9 heteroatoms. The Hall–Kier alpha value is -4.03. The molecule has 1 unspecified atom stereocenters. The van der Waals surface area contributed by atoms with Crippen molar-refractivity contribution in [1.82, 2.24) is 9.97 Å². The first kappa shape index (κ1) is 20.3. The van der Waals surface area contributed by atoms with Crippen molar-refractivity contribution in [3.63, 3.8) is 0 Å². The molecule has 4 rings (SSSR count). The summed E-state index contributed by atoms with van der Waals surface area (Å²) in [5.74, 6) is -0.265. The Labute approximate surface area is 180 Å². The number of rotatable bonds is 6. The maximum atomic E-state index is 14.5. The molecule has 0 amide bonds. The largest absolute Gasteiger partial charge is 0.480 e. The highest BCUT2D eigenvalue weighted by Crippen LogP contribution is 2.30. The summed E-state index contributed by atoms with van der Waals surface area (Å²) in [6.45, 7) is 0. The minimum Gasteiger partial charge on any atom is -0.480 e. The number of hydrogen-bond acceptors (Lipinski definition) is 6. The number of fused-ring (bicyclic) bond motifs is 1. The first-order valence-corrected chi connectivity index (χ1v) is 10.3. The number of halogens is 1. The van der Waals surface area contributed by atoms with E-state index in [1.165, 1.54) is 31.5 Å². The van der Waals surface area contributed by atoms with Crippen molar-refractivity contribution >= 4 is 39.1 Å². The zero-order valence-corrected chi connectivity index (χ0v) is 17.1. The van der Waals surface area contributed by atoms with Crippen LogP contribution in [0.5, 0.6) is 5.88 Å². The monoisotopic (exact) mass is 433 g/mol. The third-order valence-corrected chi connectivity index (χ3v) is 5.54. The van der Waals surface area contributed by atoms with Crippen molar-refractivity contribution in [2.24, 2.45) is 0 Å². The van der Waals surface area contributed by atoms with Crippen LogP contribution in [0.4, 0.5) is 21.5 Å². The second kappa shape index (κ2) is 8.77. The average Bonchev–Trinajstić information content (AvgIpc) is 2.81. The molecular weight excluding hydrogens is 417 g/mol. The normalized spacial score (nSPS) is 11.5.